The summed E-state index contributed by atoms with van der Waals surface area (Å²) in [5.41, 5.74) is 1.70. The second-order valence-corrected chi connectivity index (χ2v) is 7.01. The van der Waals surface area contributed by atoms with Crippen LogP contribution in [-0.4, -0.2) is 34.6 Å². The Hall–Kier alpha value is -2.83. The number of benzene rings is 1. The van der Waals surface area contributed by atoms with Crippen molar-refractivity contribution in [2.24, 2.45) is 0 Å². The number of fused-ring (bicyclic) bond motifs is 1. The highest BCUT2D eigenvalue weighted by Gasteiger charge is 2.36. The van der Waals surface area contributed by atoms with Crippen LogP contribution in [0.3, 0.4) is 0 Å². The van der Waals surface area contributed by atoms with Crippen molar-refractivity contribution < 1.29 is 19.1 Å². The summed E-state index contributed by atoms with van der Waals surface area (Å²) in [5.74, 6) is -0.111. The van der Waals surface area contributed by atoms with Gasteiger partial charge in [-0.25, -0.2) is 4.98 Å². The standard InChI is InChI=1S/C20H23N3O4/c1-26-19(24)10-18-20(25)22(16-8-4-5-9-17(16)27-18)12-15-11-21-13-23(15)14-6-2-3-7-14/h4-5,8-9,11,13-14,18H,2-3,6-7,10,12H2,1H3. The molecule has 2 aromatic rings. The molecule has 2 aliphatic rings. The summed E-state index contributed by atoms with van der Waals surface area (Å²) in [4.78, 5) is 30.8. The van der Waals surface area contributed by atoms with Gasteiger partial charge in [-0.3, -0.25) is 14.5 Å². The number of carbonyl (C=O) groups is 2. The SMILES string of the molecule is COC(=O)CC1Oc2ccccc2N(Cc2cncn2C2CCCC2)C1=O. The van der Waals surface area contributed by atoms with Crippen molar-refractivity contribution in [3.8, 4) is 5.75 Å². The minimum absolute atomic E-state index is 0.109. The summed E-state index contributed by atoms with van der Waals surface area (Å²) in [6, 6.07) is 7.84. The van der Waals surface area contributed by atoms with Gasteiger partial charge in [0.1, 0.15) is 5.75 Å². The molecule has 1 atom stereocenters. The number of nitrogens with zero attached hydrogens (tertiary/aromatic N) is 3. The fourth-order valence-corrected chi connectivity index (χ4v) is 3.93. The zero-order chi connectivity index (χ0) is 18.8. The lowest BCUT2D eigenvalue weighted by atomic mass is 10.1. The van der Waals surface area contributed by atoms with Crippen LogP contribution in [0.5, 0.6) is 5.75 Å². The number of esters is 1. The maximum atomic E-state index is 13.1. The molecule has 2 heterocycles. The van der Waals surface area contributed by atoms with Crippen molar-refractivity contribution in [2.45, 2.75) is 50.8 Å². The molecule has 1 fully saturated rings. The zero-order valence-electron chi connectivity index (χ0n) is 15.3. The van der Waals surface area contributed by atoms with Crippen LogP contribution in [0.4, 0.5) is 5.69 Å². The second kappa shape index (κ2) is 7.42. The van der Waals surface area contributed by atoms with Gasteiger partial charge in [-0.05, 0) is 25.0 Å². The van der Waals surface area contributed by atoms with Crippen molar-refractivity contribution in [3.63, 3.8) is 0 Å². The molecule has 7 heteroatoms. The van der Waals surface area contributed by atoms with Gasteiger partial charge in [0.15, 0.2) is 6.10 Å². The second-order valence-electron chi connectivity index (χ2n) is 7.01. The smallest absolute Gasteiger partial charge is 0.309 e. The molecule has 0 saturated heterocycles. The molecule has 0 radical (unpaired) electrons. The number of anilines is 1. The lowest BCUT2D eigenvalue weighted by Gasteiger charge is -2.34. The molecule has 1 saturated carbocycles. The number of rotatable bonds is 5. The number of ether oxygens (including phenoxy) is 2. The van der Waals surface area contributed by atoms with Crippen LogP contribution in [0, 0.1) is 0 Å². The molecule has 1 aromatic heterocycles. The van der Waals surface area contributed by atoms with E-state index in [1.54, 1.807) is 4.90 Å². The van der Waals surface area contributed by atoms with E-state index in [1.165, 1.54) is 20.0 Å². The van der Waals surface area contributed by atoms with Crippen LogP contribution >= 0.6 is 0 Å². The normalized spacial score (nSPS) is 19.7. The summed E-state index contributed by atoms with van der Waals surface area (Å²) >= 11 is 0. The van der Waals surface area contributed by atoms with Gasteiger partial charge in [0.2, 0.25) is 0 Å². The molecule has 142 valence electrons. The Labute approximate surface area is 157 Å². The number of para-hydroxylation sites is 2. The van der Waals surface area contributed by atoms with Gasteiger partial charge in [-0.2, -0.15) is 0 Å². The Morgan fingerprint density at radius 2 is 2.07 bits per heavy atom. The molecule has 0 N–H and O–H groups in total. The summed E-state index contributed by atoms with van der Waals surface area (Å²) in [6.45, 7) is 0.396. The van der Waals surface area contributed by atoms with E-state index in [2.05, 4.69) is 9.55 Å². The molecular formula is C20H23N3O4. The monoisotopic (exact) mass is 369 g/mol. The predicted octanol–water partition coefficient (Wildman–Crippen LogP) is 2.86. The summed E-state index contributed by atoms with van der Waals surface area (Å²) < 4.78 is 12.7. The minimum atomic E-state index is -0.879. The molecule has 1 aliphatic carbocycles. The third-order valence-electron chi connectivity index (χ3n) is 5.33. The highest BCUT2D eigenvalue weighted by molar-refractivity contribution is 6.01. The first kappa shape index (κ1) is 17.6. The van der Waals surface area contributed by atoms with Crippen molar-refractivity contribution in [1.82, 2.24) is 9.55 Å². The van der Waals surface area contributed by atoms with E-state index in [-0.39, 0.29) is 12.3 Å². The number of imidazole rings is 1. The summed E-state index contributed by atoms with van der Waals surface area (Å²) in [7, 11) is 1.31. The van der Waals surface area contributed by atoms with Crippen molar-refractivity contribution in [3.05, 3.63) is 42.5 Å². The third kappa shape index (κ3) is 3.41. The lowest BCUT2D eigenvalue weighted by Crippen LogP contribution is -2.46. The summed E-state index contributed by atoms with van der Waals surface area (Å²) in [6.07, 6.45) is 7.42. The predicted molar refractivity (Wildman–Crippen MR) is 98.4 cm³/mol. The van der Waals surface area contributed by atoms with Gasteiger partial charge >= 0.3 is 5.97 Å². The van der Waals surface area contributed by atoms with Crippen LogP contribution in [0.25, 0.3) is 0 Å². The highest BCUT2D eigenvalue weighted by atomic mass is 16.5. The Bertz CT molecular complexity index is 841. The molecule has 27 heavy (non-hydrogen) atoms. The van der Waals surface area contributed by atoms with Crippen LogP contribution in [-0.2, 0) is 20.9 Å². The van der Waals surface area contributed by atoms with Crippen LogP contribution in [0.1, 0.15) is 43.8 Å². The van der Waals surface area contributed by atoms with Gasteiger partial charge in [0, 0.05) is 12.2 Å². The van der Waals surface area contributed by atoms with Crippen LogP contribution in [0.2, 0.25) is 0 Å². The number of aromatic nitrogens is 2. The van der Waals surface area contributed by atoms with Gasteiger partial charge in [-0.1, -0.05) is 25.0 Å². The molecule has 1 aromatic carbocycles. The Morgan fingerprint density at radius 1 is 1.30 bits per heavy atom. The average molecular weight is 369 g/mol. The maximum Gasteiger partial charge on any atom is 0.309 e. The van der Waals surface area contributed by atoms with Crippen molar-refractivity contribution in [2.75, 3.05) is 12.0 Å². The van der Waals surface area contributed by atoms with E-state index < -0.39 is 12.1 Å². The number of hydrogen-bond donors (Lipinski definition) is 0. The maximum absolute atomic E-state index is 13.1. The molecular weight excluding hydrogens is 346 g/mol. The molecule has 0 spiro atoms. The van der Waals surface area contributed by atoms with E-state index in [0.29, 0.717) is 24.0 Å². The molecule has 1 unspecified atom stereocenters. The van der Waals surface area contributed by atoms with E-state index in [9.17, 15) is 9.59 Å². The van der Waals surface area contributed by atoms with Gasteiger partial charge in [-0.15, -0.1) is 0 Å². The number of hydrogen-bond acceptors (Lipinski definition) is 5. The Kier molecular flexibility index (Phi) is 4.83. The first-order valence-electron chi connectivity index (χ1n) is 9.32. The largest absolute Gasteiger partial charge is 0.478 e. The van der Waals surface area contributed by atoms with E-state index in [4.69, 9.17) is 9.47 Å². The highest BCUT2D eigenvalue weighted by Crippen LogP contribution is 2.36. The molecule has 1 amide bonds. The van der Waals surface area contributed by atoms with E-state index in [0.717, 1.165) is 18.5 Å². The number of methoxy groups -OCH3 is 1. The number of amides is 1. The number of carbonyl (C=O) groups excluding carboxylic acids is 2. The van der Waals surface area contributed by atoms with Gasteiger partial charge < -0.3 is 14.0 Å². The minimum Gasteiger partial charge on any atom is -0.478 e. The first-order chi connectivity index (χ1) is 13.2. The van der Waals surface area contributed by atoms with E-state index >= 15 is 0 Å². The molecule has 1 aliphatic heterocycles. The molecule has 7 nitrogen and oxygen atoms in total. The van der Waals surface area contributed by atoms with Gasteiger partial charge in [0.25, 0.3) is 5.91 Å². The molecule has 4 rings (SSSR count). The van der Waals surface area contributed by atoms with Crippen LogP contribution in [0.15, 0.2) is 36.8 Å². The first-order valence-corrected chi connectivity index (χ1v) is 9.32. The zero-order valence-corrected chi connectivity index (χ0v) is 15.3. The van der Waals surface area contributed by atoms with Crippen molar-refractivity contribution >= 4 is 17.6 Å². The van der Waals surface area contributed by atoms with Gasteiger partial charge in [0.05, 0.1) is 37.8 Å². The third-order valence-corrected chi connectivity index (χ3v) is 5.33. The summed E-state index contributed by atoms with van der Waals surface area (Å²) in [5, 5.41) is 0. The Morgan fingerprint density at radius 3 is 2.85 bits per heavy atom. The van der Waals surface area contributed by atoms with Crippen LogP contribution < -0.4 is 9.64 Å². The topological polar surface area (TPSA) is 73.7 Å². The lowest BCUT2D eigenvalue weighted by molar-refractivity contribution is -0.145. The average Bonchev–Trinajstić information content (AvgIpc) is 3.36. The van der Waals surface area contributed by atoms with E-state index in [1.807, 2.05) is 36.8 Å². The molecule has 0 bridgehead atoms. The fraction of sp³-hybridized carbons (Fsp3) is 0.450. The fourth-order valence-electron chi connectivity index (χ4n) is 3.93. The van der Waals surface area contributed by atoms with Crippen molar-refractivity contribution in [1.29, 1.82) is 0 Å². The Balaban J connectivity index is 1.63. The quantitative estimate of drug-likeness (QED) is 0.758.